The van der Waals surface area contributed by atoms with Gasteiger partial charge in [-0.15, -0.1) is 0 Å². The summed E-state index contributed by atoms with van der Waals surface area (Å²) in [6, 6.07) is 5.33. The third-order valence-electron chi connectivity index (χ3n) is 1.85. The van der Waals surface area contributed by atoms with E-state index in [1.807, 2.05) is 0 Å². The first-order chi connectivity index (χ1) is 7.68. The minimum atomic E-state index is -0.683. The monoisotopic (exact) mass is 253 g/mol. The lowest BCUT2D eigenvalue weighted by molar-refractivity contribution is 0.108. The second-order valence-electron chi connectivity index (χ2n) is 2.89. The number of carbonyl (C=O) groups excluding carboxylic acids is 1. The van der Waals surface area contributed by atoms with Gasteiger partial charge in [0.2, 0.25) is 0 Å². The zero-order valence-electron chi connectivity index (χ0n) is 7.89. The van der Waals surface area contributed by atoms with Crippen molar-refractivity contribution in [3.8, 4) is 11.5 Å². The molecule has 0 amide bonds. The van der Waals surface area contributed by atoms with E-state index in [-0.39, 0.29) is 10.7 Å². The molecule has 0 radical (unpaired) electrons. The number of aromatic nitrogens is 3. The Morgan fingerprint density at radius 3 is 2.62 bits per heavy atom. The fourth-order valence-electron chi connectivity index (χ4n) is 1.11. The maximum atomic E-state index is 10.9. The summed E-state index contributed by atoms with van der Waals surface area (Å²) >= 11 is 11.1. The number of halogens is 2. The van der Waals surface area contributed by atoms with Gasteiger partial charge in [0.1, 0.15) is 10.8 Å². The normalized spacial score (nSPS) is 10.1. The molecular formula is C10H5Cl2N3O. The largest absolute Gasteiger partial charge is 0.275 e. The Hall–Kier alpha value is -1.52. The van der Waals surface area contributed by atoms with Crippen molar-refractivity contribution in [3.05, 3.63) is 41.3 Å². The van der Waals surface area contributed by atoms with Crippen LogP contribution < -0.4 is 0 Å². The average Bonchev–Trinajstić information content (AvgIpc) is 2.29. The van der Waals surface area contributed by atoms with Crippen molar-refractivity contribution in [2.45, 2.75) is 0 Å². The molecule has 6 heteroatoms. The van der Waals surface area contributed by atoms with Gasteiger partial charge in [-0.3, -0.25) is 9.78 Å². The molecule has 2 heterocycles. The maximum absolute atomic E-state index is 10.9. The molecule has 0 aliphatic carbocycles. The molecule has 0 saturated carbocycles. The Labute approximate surface area is 101 Å². The summed E-state index contributed by atoms with van der Waals surface area (Å²) in [6.07, 6.45) is 2.90. The first-order valence-electron chi connectivity index (χ1n) is 4.32. The highest BCUT2D eigenvalue weighted by atomic mass is 35.5. The summed E-state index contributed by atoms with van der Waals surface area (Å²) in [5, 5.41) is -0.659. The summed E-state index contributed by atoms with van der Waals surface area (Å²) in [4.78, 5) is 22.9. The minimum absolute atomic E-state index is 0.0238. The molecule has 2 aromatic heterocycles. The molecule has 0 spiro atoms. The van der Waals surface area contributed by atoms with E-state index < -0.39 is 5.24 Å². The molecule has 0 aliphatic rings. The second kappa shape index (κ2) is 4.55. The van der Waals surface area contributed by atoms with E-state index in [4.69, 9.17) is 23.2 Å². The Morgan fingerprint density at radius 2 is 2.06 bits per heavy atom. The van der Waals surface area contributed by atoms with Crippen LogP contribution in [0, 0.1) is 0 Å². The van der Waals surface area contributed by atoms with Crippen molar-refractivity contribution in [1.82, 2.24) is 15.0 Å². The molecule has 4 nitrogen and oxygen atoms in total. The van der Waals surface area contributed by atoms with Gasteiger partial charge in [-0.05, 0) is 23.7 Å². The molecule has 0 unspecified atom stereocenters. The highest BCUT2D eigenvalue weighted by molar-refractivity contribution is 6.68. The van der Waals surface area contributed by atoms with Crippen molar-refractivity contribution < 1.29 is 4.79 Å². The molecule has 2 rings (SSSR count). The fourth-order valence-corrected chi connectivity index (χ4v) is 1.51. The van der Waals surface area contributed by atoms with Gasteiger partial charge in [-0.2, -0.15) is 0 Å². The van der Waals surface area contributed by atoms with Crippen LogP contribution in [0.15, 0.2) is 30.6 Å². The molecule has 0 aliphatic heterocycles. The SMILES string of the molecule is O=C(Cl)c1cnc(-c2ccccn2)nc1Cl. The maximum Gasteiger partial charge on any atom is 0.257 e. The van der Waals surface area contributed by atoms with Gasteiger partial charge in [0, 0.05) is 12.4 Å². The molecule has 16 heavy (non-hydrogen) atoms. The molecule has 0 fully saturated rings. The molecule has 80 valence electrons. The Balaban J connectivity index is 2.46. The van der Waals surface area contributed by atoms with Crippen molar-refractivity contribution in [1.29, 1.82) is 0 Å². The Kier molecular flexibility index (Phi) is 3.12. The van der Waals surface area contributed by atoms with Crippen LogP contribution in [0.1, 0.15) is 10.4 Å². The second-order valence-corrected chi connectivity index (χ2v) is 3.59. The predicted octanol–water partition coefficient (Wildman–Crippen LogP) is 2.57. The lowest BCUT2D eigenvalue weighted by Crippen LogP contribution is -1.98. The standard InChI is InChI=1S/C10H5Cl2N3O/c11-8-6(9(12)16)5-14-10(15-8)7-3-1-2-4-13-7/h1-5H. The Bertz CT molecular complexity index is 531. The van der Waals surface area contributed by atoms with Crippen molar-refractivity contribution in [2.24, 2.45) is 0 Å². The van der Waals surface area contributed by atoms with E-state index >= 15 is 0 Å². The summed E-state index contributed by atoms with van der Waals surface area (Å²) in [5.41, 5.74) is 0.668. The van der Waals surface area contributed by atoms with E-state index in [0.29, 0.717) is 11.5 Å². The molecule has 2 aromatic rings. The summed E-state index contributed by atoms with van der Waals surface area (Å²) in [5.74, 6) is 0.354. The lowest BCUT2D eigenvalue weighted by atomic mass is 10.3. The fraction of sp³-hybridized carbons (Fsp3) is 0. The zero-order valence-corrected chi connectivity index (χ0v) is 9.40. The highest BCUT2D eigenvalue weighted by Gasteiger charge is 2.11. The Morgan fingerprint density at radius 1 is 1.25 bits per heavy atom. The van der Waals surface area contributed by atoms with Crippen LogP contribution >= 0.6 is 23.2 Å². The summed E-state index contributed by atoms with van der Waals surface area (Å²) in [7, 11) is 0. The quantitative estimate of drug-likeness (QED) is 0.610. The van der Waals surface area contributed by atoms with Gasteiger partial charge in [-0.1, -0.05) is 17.7 Å². The van der Waals surface area contributed by atoms with Crippen LogP contribution in [0.3, 0.4) is 0 Å². The average molecular weight is 254 g/mol. The van der Waals surface area contributed by atoms with Gasteiger partial charge in [0.05, 0.1) is 5.56 Å². The van der Waals surface area contributed by atoms with Crippen LogP contribution in [0.25, 0.3) is 11.5 Å². The van der Waals surface area contributed by atoms with E-state index in [2.05, 4.69) is 15.0 Å². The number of hydrogen-bond acceptors (Lipinski definition) is 4. The third-order valence-corrected chi connectivity index (χ3v) is 2.34. The van der Waals surface area contributed by atoms with Crippen molar-refractivity contribution >= 4 is 28.4 Å². The predicted molar refractivity (Wildman–Crippen MR) is 60.5 cm³/mol. The summed E-state index contributed by atoms with van der Waals surface area (Å²) in [6.45, 7) is 0. The van der Waals surface area contributed by atoms with Crippen molar-refractivity contribution in [3.63, 3.8) is 0 Å². The third kappa shape index (κ3) is 2.18. The number of nitrogens with zero attached hydrogens (tertiary/aromatic N) is 3. The van der Waals surface area contributed by atoms with Gasteiger partial charge in [0.25, 0.3) is 5.24 Å². The molecule has 0 atom stereocenters. The highest BCUT2D eigenvalue weighted by Crippen LogP contribution is 2.18. The van der Waals surface area contributed by atoms with Crippen molar-refractivity contribution in [2.75, 3.05) is 0 Å². The zero-order chi connectivity index (χ0) is 11.5. The van der Waals surface area contributed by atoms with E-state index in [0.717, 1.165) is 0 Å². The minimum Gasteiger partial charge on any atom is -0.275 e. The van der Waals surface area contributed by atoms with Crippen LogP contribution in [-0.4, -0.2) is 20.2 Å². The van der Waals surface area contributed by atoms with Gasteiger partial charge in [0.15, 0.2) is 5.82 Å². The first kappa shape index (κ1) is 11.0. The van der Waals surface area contributed by atoms with E-state index in [1.54, 1.807) is 24.4 Å². The molecular weight excluding hydrogens is 249 g/mol. The van der Waals surface area contributed by atoms with Gasteiger partial charge >= 0.3 is 0 Å². The number of pyridine rings is 1. The topological polar surface area (TPSA) is 55.7 Å². The molecule has 0 aromatic carbocycles. The number of hydrogen-bond donors (Lipinski definition) is 0. The first-order valence-corrected chi connectivity index (χ1v) is 5.08. The van der Waals surface area contributed by atoms with Gasteiger partial charge < -0.3 is 0 Å². The molecule has 0 N–H and O–H groups in total. The van der Waals surface area contributed by atoms with Crippen LogP contribution in [0.5, 0.6) is 0 Å². The lowest BCUT2D eigenvalue weighted by Gasteiger charge is -2.01. The van der Waals surface area contributed by atoms with E-state index in [1.165, 1.54) is 6.20 Å². The smallest absolute Gasteiger partial charge is 0.257 e. The van der Waals surface area contributed by atoms with Gasteiger partial charge in [-0.25, -0.2) is 9.97 Å². The number of carbonyl (C=O) groups is 1. The van der Waals surface area contributed by atoms with Crippen LogP contribution in [-0.2, 0) is 0 Å². The van der Waals surface area contributed by atoms with E-state index in [9.17, 15) is 4.79 Å². The van der Waals surface area contributed by atoms with Crippen LogP contribution in [0.4, 0.5) is 0 Å². The number of rotatable bonds is 2. The summed E-state index contributed by atoms with van der Waals surface area (Å²) < 4.78 is 0. The molecule has 0 saturated heterocycles. The van der Waals surface area contributed by atoms with Crippen LogP contribution in [0.2, 0.25) is 5.15 Å². The molecule has 0 bridgehead atoms.